The fraction of sp³-hybridized carbons (Fsp3) is 0.417. The van der Waals surface area contributed by atoms with Gasteiger partial charge in [0.1, 0.15) is 18.1 Å². The van der Waals surface area contributed by atoms with E-state index in [1.807, 2.05) is 50.4 Å². The number of carbonyl (C=O) groups is 2. The van der Waals surface area contributed by atoms with Gasteiger partial charge in [0.05, 0.1) is 12.6 Å². The lowest BCUT2D eigenvalue weighted by Crippen LogP contribution is -2.48. The second-order valence-corrected chi connectivity index (χ2v) is 9.01. The number of hydrogen-bond donors (Lipinski definition) is 1. The number of anilines is 1. The van der Waals surface area contributed by atoms with Gasteiger partial charge in [-0.3, -0.25) is 9.69 Å². The van der Waals surface area contributed by atoms with Crippen LogP contribution in [-0.4, -0.2) is 41.5 Å². The van der Waals surface area contributed by atoms with Crippen LogP contribution in [0.25, 0.3) is 0 Å². The van der Waals surface area contributed by atoms with E-state index >= 15 is 0 Å². The zero-order chi connectivity index (χ0) is 23.3. The van der Waals surface area contributed by atoms with Crippen molar-refractivity contribution in [2.24, 2.45) is 0 Å². The van der Waals surface area contributed by atoms with Crippen LogP contribution >= 0.6 is 11.8 Å². The minimum atomic E-state index is -0.802. The van der Waals surface area contributed by atoms with Gasteiger partial charge in [-0.15, -0.1) is 11.8 Å². The van der Waals surface area contributed by atoms with Gasteiger partial charge in [-0.1, -0.05) is 30.3 Å². The van der Waals surface area contributed by atoms with Crippen molar-refractivity contribution in [2.45, 2.75) is 56.9 Å². The fourth-order valence-corrected chi connectivity index (χ4v) is 4.59. The van der Waals surface area contributed by atoms with E-state index in [1.54, 1.807) is 11.0 Å². The molecule has 0 bridgehead atoms. The third-order valence-corrected chi connectivity index (χ3v) is 6.23. The maximum atomic E-state index is 14.6. The summed E-state index contributed by atoms with van der Waals surface area (Å²) in [5.74, 6) is -0.633. The van der Waals surface area contributed by atoms with E-state index in [2.05, 4.69) is 5.32 Å². The first-order valence-corrected chi connectivity index (χ1v) is 11.7. The maximum absolute atomic E-state index is 14.6. The van der Waals surface area contributed by atoms with Crippen molar-refractivity contribution in [3.8, 4) is 0 Å². The quantitative estimate of drug-likeness (QED) is 0.575. The molecule has 0 unspecified atom stereocenters. The number of thioether (sulfide) groups is 1. The van der Waals surface area contributed by atoms with Crippen molar-refractivity contribution in [2.75, 3.05) is 18.2 Å². The Hall–Kier alpha value is -2.58. The van der Waals surface area contributed by atoms with Crippen molar-refractivity contribution in [3.05, 3.63) is 59.4 Å². The van der Waals surface area contributed by atoms with E-state index in [-0.39, 0.29) is 24.4 Å². The highest BCUT2D eigenvalue weighted by Gasteiger charge is 2.44. The predicted molar refractivity (Wildman–Crippen MR) is 123 cm³/mol. The molecule has 2 amide bonds. The number of halogens is 1. The summed E-state index contributed by atoms with van der Waals surface area (Å²) >= 11 is 1.32. The van der Waals surface area contributed by atoms with Crippen molar-refractivity contribution in [3.63, 3.8) is 0 Å². The minimum Gasteiger partial charge on any atom is -0.444 e. The molecule has 1 fully saturated rings. The van der Waals surface area contributed by atoms with Crippen molar-refractivity contribution in [1.82, 2.24) is 4.90 Å². The summed E-state index contributed by atoms with van der Waals surface area (Å²) in [6.07, 6.45) is 2.47. The van der Waals surface area contributed by atoms with Gasteiger partial charge in [0, 0.05) is 17.5 Å². The number of aryl methyl sites for hydroxylation is 1. The summed E-state index contributed by atoms with van der Waals surface area (Å²) in [5, 5.41) is 2.64. The lowest BCUT2D eigenvalue weighted by Gasteiger charge is -2.33. The molecule has 172 valence electrons. The van der Waals surface area contributed by atoms with Gasteiger partial charge in [-0.2, -0.15) is 0 Å². The number of hydrogen-bond acceptors (Lipinski definition) is 5. The highest BCUT2D eigenvalue weighted by molar-refractivity contribution is 7.98. The number of amides is 2. The molecule has 1 N–H and O–H groups in total. The van der Waals surface area contributed by atoms with Crippen molar-refractivity contribution < 1.29 is 23.5 Å². The van der Waals surface area contributed by atoms with E-state index in [1.165, 1.54) is 24.8 Å². The summed E-state index contributed by atoms with van der Waals surface area (Å²) < 4.78 is 26.0. The molecule has 0 aromatic heterocycles. The van der Waals surface area contributed by atoms with Gasteiger partial charge in [-0.25, -0.2) is 9.18 Å². The van der Waals surface area contributed by atoms with E-state index in [0.29, 0.717) is 30.0 Å². The zero-order valence-electron chi connectivity index (χ0n) is 18.8. The summed E-state index contributed by atoms with van der Waals surface area (Å²) in [7, 11) is 0. The Balaban J connectivity index is 1.72. The van der Waals surface area contributed by atoms with E-state index in [0.717, 1.165) is 11.1 Å². The number of rotatable bonds is 7. The van der Waals surface area contributed by atoms with Gasteiger partial charge < -0.3 is 14.8 Å². The molecular weight excluding hydrogens is 431 g/mol. The Morgan fingerprint density at radius 2 is 2.00 bits per heavy atom. The molecule has 0 spiro atoms. The average Bonchev–Trinajstić information content (AvgIpc) is 3.04. The lowest BCUT2D eigenvalue weighted by molar-refractivity contribution is -0.114. The van der Waals surface area contributed by atoms with Crippen LogP contribution in [0.3, 0.4) is 0 Å². The zero-order valence-corrected chi connectivity index (χ0v) is 19.6. The molecule has 32 heavy (non-hydrogen) atoms. The van der Waals surface area contributed by atoms with E-state index in [4.69, 9.17) is 9.47 Å². The van der Waals surface area contributed by atoms with Crippen molar-refractivity contribution >= 4 is 29.4 Å². The molecule has 0 radical (unpaired) electrons. The molecule has 0 saturated carbocycles. The molecule has 1 aliphatic rings. The number of ether oxygens (including phenoxy) is 2. The standard InChI is InChI=1S/C24H29FN2O4S/c1-16(28)26-19-12-18(22(32-4)21(25)13-19)10-11-20-15-31-24(2,3)27(20)23(29)30-14-17-8-6-5-7-9-17/h5-9,12-13,20H,10-11,14-15H2,1-4H3,(H,26,28)/t20-/m0/s1. The second-order valence-electron chi connectivity index (χ2n) is 8.19. The SMILES string of the molecule is CSc1c(F)cc(NC(C)=O)cc1CC[C@H]1COC(C)(C)N1C(=O)OCc1ccccc1. The highest BCUT2D eigenvalue weighted by atomic mass is 32.2. The summed E-state index contributed by atoms with van der Waals surface area (Å²) in [6, 6.07) is 12.4. The molecule has 2 aromatic rings. The number of nitrogens with one attached hydrogen (secondary N) is 1. The van der Waals surface area contributed by atoms with Crippen LogP contribution in [0.5, 0.6) is 0 Å². The molecule has 2 aromatic carbocycles. The van der Waals surface area contributed by atoms with Crippen molar-refractivity contribution in [1.29, 1.82) is 0 Å². The third-order valence-electron chi connectivity index (χ3n) is 5.37. The molecule has 8 heteroatoms. The van der Waals surface area contributed by atoms with Gasteiger partial charge in [0.25, 0.3) is 0 Å². The van der Waals surface area contributed by atoms with E-state index < -0.39 is 11.8 Å². The van der Waals surface area contributed by atoms with Crippen LogP contribution in [0, 0.1) is 5.82 Å². The highest BCUT2D eigenvalue weighted by Crippen LogP contribution is 2.33. The van der Waals surface area contributed by atoms with Crippen LogP contribution < -0.4 is 5.32 Å². The second kappa shape index (κ2) is 10.4. The Morgan fingerprint density at radius 1 is 1.28 bits per heavy atom. The lowest BCUT2D eigenvalue weighted by atomic mass is 10.0. The monoisotopic (exact) mass is 460 g/mol. The number of nitrogens with zero attached hydrogens (tertiary/aromatic N) is 1. The molecule has 0 aliphatic carbocycles. The Labute approximate surface area is 192 Å². The summed E-state index contributed by atoms with van der Waals surface area (Å²) in [5.41, 5.74) is 1.31. The van der Waals surface area contributed by atoms with E-state index in [9.17, 15) is 14.0 Å². The smallest absolute Gasteiger partial charge is 0.412 e. The number of benzene rings is 2. The molecular formula is C24H29FN2O4S. The minimum absolute atomic E-state index is 0.180. The third kappa shape index (κ3) is 5.81. The summed E-state index contributed by atoms with van der Waals surface area (Å²) in [4.78, 5) is 26.5. The Morgan fingerprint density at radius 3 is 2.66 bits per heavy atom. The van der Waals surface area contributed by atoms with Gasteiger partial charge in [0.2, 0.25) is 5.91 Å². The molecule has 1 atom stereocenters. The van der Waals surface area contributed by atoms with Gasteiger partial charge >= 0.3 is 6.09 Å². The Bertz CT molecular complexity index is 968. The van der Waals surface area contributed by atoms with Gasteiger partial charge in [-0.05, 0) is 56.2 Å². The first-order valence-electron chi connectivity index (χ1n) is 10.5. The van der Waals surface area contributed by atoms with Crippen LogP contribution in [0.4, 0.5) is 14.9 Å². The Kier molecular flexibility index (Phi) is 7.79. The van der Waals surface area contributed by atoms with Crippen LogP contribution in [0.1, 0.15) is 38.3 Å². The van der Waals surface area contributed by atoms with Gasteiger partial charge in [0.15, 0.2) is 0 Å². The van der Waals surface area contributed by atoms with Crippen LogP contribution in [0.15, 0.2) is 47.4 Å². The topological polar surface area (TPSA) is 67.9 Å². The first-order chi connectivity index (χ1) is 15.2. The molecule has 6 nitrogen and oxygen atoms in total. The molecule has 1 aliphatic heterocycles. The fourth-order valence-electron chi connectivity index (χ4n) is 3.92. The predicted octanol–water partition coefficient (Wildman–Crippen LogP) is 5.21. The average molecular weight is 461 g/mol. The molecule has 1 saturated heterocycles. The van der Waals surface area contributed by atoms with Crippen LogP contribution in [-0.2, 0) is 27.3 Å². The molecule has 3 rings (SSSR count). The number of carbonyl (C=O) groups excluding carboxylic acids is 2. The largest absolute Gasteiger partial charge is 0.444 e. The molecule has 1 heterocycles. The maximum Gasteiger partial charge on any atom is 0.412 e. The summed E-state index contributed by atoms with van der Waals surface area (Å²) in [6.45, 7) is 5.61. The first kappa shape index (κ1) is 24.1. The normalized spacial score (nSPS) is 17.3. The van der Waals surface area contributed by atoms with Crippen LogP contribution in [0.2, 0.25) is 0 Å².